The Bertz CT molecular complexity index is 456. The Balaban J connectivity index is 3.18. The van der Waals surface area contributed by atoms with Gasteiger partial charge in [0.25, 0.3) is 5.91 Å². The molecule has 0 aliphatic heterocycles. The fourth-order valence-electron chi connectivity index (χ4n) is 1.32. The largest absolute Gasteiger partial charge is 0.308 e. The zero-order chi connectivity index (χ0) is 12.3. The van der Waals surface area contributed by atoms with Crippen molar-refractivity contribution in [3.05, 3.63) is 24.3 Å². The second-order valence-corrected chi connectivity index (χ2v) is 4.69. The third-order valence-corrected chi connectivity index (χ3v) is 3.11. The van der Waals surface area contributed by atoms with E-state index in [0.29, 0.717) is 10.6 Å². The molecule has 1 amide bonds. The van der Waals surface area contributed by atoms with Gasteiger partial charge in [0.15, 0.2) is 0 Å². The summed E-state index contributed by atoms with van der Waals surface area (Å²) in [6.45, 7) is 1.21. The quantitative estimate of drug-likeness (QED) is 0.739. The molecule has 16 heavy (non-hydrogen) atoms. The van der Waals surface area contributed by atoms with Gasteiger partial charge >= 0.3 is 0 Å². The van der Waals surface area contributed by atoms with Crippen molar-refractivity contribution in [2.45, 2.75) is 11.8 Å². The lowest BCUT2D eigenvalue weighted by atomic mass is 10.2. The van der Waals surface area contributed by atoms with E-state index in [1.165, 1.54) is 25.1 Å². The van der Waals surface area contributed by atoms with Crippen molar-refractivity contribution in [1.29, 1.82) is 0 Å². The molecule has 0 bridgehead atoms. The van der Waals surface area contributed by atoms with Crippen molar-refractivity contribution in [2.24, 2.45) is 0 Å². The van der Waals surface area contributed by atoms with Crippen LogP contribution >= 0.6 is 0 Å². The molecule has 0 aromatic heterocycles. The number of carbonyl (C=O) groups excluding carboxylic acids is 2. The number of benzene rings is 1. The predicted molar refractivity (Wildman–Crippen MR) is 62.9 cm³/mol. The van der Waals surface area contributed by atoms with Crippen LogP contribution in [0.3, 0.4) is 0 Å². The maximum absolute atomic E-state index is 11.5. The lowest BCUT2D eigenvalue weighted by Crippen LogP contribution is -2.32. The summed E-state index contributed by atoms with van der Waals surface area (Å²) in [5, 5.41) is 0. The minimum absolute atomic E-state index is 0.503. The summed E-state index contributed by atoms with van der Waals surface area (Å²) < 4.78 is 11.5. The molecule has 4 nitrogen and oxygen atoms in total. The van der Waals surface area contributed by atoms with Crippen LogP contribution in [0.5, 0.6) is 0 Å². The molecule has 1 unspecified atom stereocenters. The first-order chi connectivity index (χ1) is 7.45. The van der Waals surface area contributed by atoms with E-state index in [2.05, 4.69) is 0 Å². The summed E-state index contributed by atoms with van der Waals surface area (Å²) in [6.07, 6.45) is 1.53. The third-order valence-electron chi connectivity index (χ3n) is 2.14. The molecule has 0 heterocycles. The maximum Gasteiger partial charge on any atom is 0.293 e. The van der Waals surface area contributed by atoms with Crippen molar-refractivity contribution in [1.82, 2.24) is 0 Å². The summed E-state index contributed by atoms with van der Waals surface area (Å²) in [4.78, 5) is 24.2. The van der Waals surface area contributed by atoms with Crippen LogP contribution in [-0.4, -0.2) is 29.2 Å². The topological polar surface area (TPSA) is 54.5 Å². The van der Waals surface area contributed by atoms with E-state index in [-0.39, 0.29) is 0 Å². The van der Waals surface area contributed by atoms with Crippen LogP contribution in [0.15, 0.2) is 29.2 Å². The summed E-state index contributed by atoms with van der Waals surface area (Å²) in [7, 11) is 0.299. The molecule has 0 radical (unpaired) electrons. The van der Waals surface area contributed by atoms with Gasteiger partial charge < -0.3 is 4.90 Å². The number of para-hydroxylation sites is 1. The first-order valence-corrected chi connectivity index (χ1v) is 6.22. The summed E-state index contributed by atoms with van der Waals surface area (Å²) >= 11 is 0. The van der Waals surface area contributed by atoms with Gasteiger partial charge in [0.05, 0.1) is 21.4 Å². The highest BCUT2D eigenvalue weighted by molar-refractivity contribution is 7.84. The zero-order valence-electron chi connectivity index (χ0n) is 9.39. The number of rotatable bonds is 3. The van der Waals surface area contributed by atoms with Gasteiger partial charge in [-0.15, -0.1) is 0 Å². The van der Waals surface area contributed by atoms with E-state index in [0.717, 1.165) is 0 Å². The predicted octanol–water partition coefficient (Wildman–Crippen LogP) is 0.976. The van der Waals surface area contributed by atoms with Gasteiger partial charge in [-0.3, -0.25) is 13.8 Å². The number of nitrogens with zero attached hydrogens (tertiary/aromatic N) is 1. The minimum atomic E-state index is -1.20. The van der Waals surface area contributed by atoms with Crippen LogP contribution in [0.1, 0.15) is 6.92 Å². The van der Waals surface area contributed by atoms with Gasteiger partial charge in [0.1, 0.15) is 0 Å². The molecule has 1 aromatic carbocycles. The van der Waals surface area contributed by atoms with E-state index >= 15 is 0 Å². The average molecular weight is 239 g/mol. The number of amides is 1. The monoisotopic (exact) mass is 239 g/mol. The first kappa shape index (κ1) is 12.6. The Morgan fingerprint density at radius 1 is 1.25 bits per heavy atom. The van der Waals surface area contributed by atoms with Gasteiger partial charge in [-0.05, 0) is 12.1 Å². The standard InChI is InChI=1S/C11H13NO3S/c1-8(13)11(14)12(2)9-6-4-5-7-10(9)16(3)15/h4-7H,1-3H3. The number of Topliss-reactive ketones (excluding diaryl/α,β-unsaturated/α-hetero) is 1. The summed E-state index contributed by atoms with van der Waals surface area (Å²) in [5.41, 5.74) is 0.503. The Hall–Kier alpha value is -1.49. The molecule has 0 saturated carbocycles. The first-order valence-electron chi connectivity index (χ1n) is 4.66. The van der Waals surface area contributed by atoms with E-state index in [1.54, 1.807) is 24.3 Å². The van der Waals surface area contributed by atoms with Gasteiger partial charge in [-0.25, -0.2) is 0 Å². The highest BCUT2D eigenvalue weighted by Gasteiger charge is 2.18. The Morgan fingerprint density at radius 3 is 2.31 bits per heavy atom. The number of likely N-dealkylation sites (N-methyl/N-ethyl adjacent to an activating group) is 1. The molecule has 1 rings (SSSR count). The highest BCUT2D eigenvalue weighted by atomic mass is 32.2. The summed E-state index contributed by atoms with van der Waals surface area (Å²) in [5.74, 6) is -1.16. The Kier molecular flexibility index (Phi) is 3.95. The van der Waals surface area contributed by atoms with Crippen molar-refractivity contribution < 1.29 is 13.8 Å². The highest BCUT2D eigenvalue weighted by Crippen LogP contribution is 2.22. The Morgan fingerprint density at radius 2 is 1.81 bits per heavy atom. The van der Waals surface area contributed by atoms with Crippen LogP contribution in [0, 0.1) is 0 Å². The molecule has 1 aromatic rings. The molecule has 1 atom stereocenters. The number of ketones is 1. The van der Waals surface area contributed by atoms with E-state index in [9.17, 15) is 13.8 Å². The van der Waals surface area contributed by atoms with Gasteiger partial charge in [-0.1, -0.05) is 12.1 Å². The van der Waals surface area contributed by atoms with E-state index < -0.39 is 22.5 Å². The molecule has 0 aliphatic carbocycles. The third kappa shape index (κ3) is 2.55. The van der Waals surface area contributed by atoms with Gasteiger partial charge in [-0.2, -0.15) is 0 Å². The molecular formula is C11H13NO3S. The number of hydrogen-bond donors (Lipinski definition) is 0. The minimum Gasteiger partial charge on any atom is -0.308 e. The second kappa shape index (κ2) is 5.03. The number of anilines is 1. The fraction of sp³-hybridized carbons (Fsp3) is 0.273. The molecule has 0 saturated heterocycles. The zero-order valence-corrected chi connectivity index (χ0v) is 10.2. The van der Waals surface area contributed by atoms with Crippen molar-refractivity contribution in [3.63, 3.8) is 0 Å². The van der Waals surface area contributed by atoms with Crippen LogP contribution in [-0.2, 0) is 20.4 Å². The Labute approximate surface area is 96.7 Å². The molecular weight excluding hydrogens is 226 g/mol. The smallest absolute Gasteiger partial charge is 0.293 e. The van der Waals surface area contributed by atoms with Crippen LogP contribution in [0.25, 0.3) is 0 Å². The van der Waals surface area contributed by atoms with Crippen molar-refractivity contribution >= 4 is 28.2 Å². The fourth-order valence-corrected chi connectivity index (χ4v) is 2.09. The molecule has 0 spiro atoms. The second-order valence-electron chi connectivity index (χ2n) is 3.34. The van der Waals surface area contributed by atoms with E-state index in [1.807, 2.05) is 0 Å². The van der Waals surface area contributed by atoms with Gasteiger partial charge in [0.2, 0.25) is 5.78 Å². The molecule has 0 N–H and O–H groups in total. The van der Waals surface area contributed by atoms with Crippen LogP contribution < -0.4 is 4.90 Å². The molecule has 0 fully saturated rings. The van der Waals surface area contributed by atoms with Gasteiger partial charge in [0, 0.05) is 20.2 Å². The molecule has 5 heteroatoms. The lowest BCUT2D eigenvalue weighted by molar-refractivity contribution is -0.134. The maximum atomic E-state index is 11.5. The number of hydrogen-bond acceptors (Lipinski definition) is 3. The van der Waals surface area contributed by atoms with Crippen LogP contribution in [0.2, 0.25) is 0 Å². The molecule has 86 valence electrons. The van der Waals surface area contributed by atoms with E-state index in [4.69, 9.17) is 0 Å². The average Bonchev–Trinajstić information content (AvgIpc) is 2.26. The van der Waals surface area contributed by atoms with Crippen LogP contribution in [0.4, 0.5) is 5.69 Å². The van der Waals surface area contributed by atoms with Crippen molar-refractivity contribution in [2.75, 3.05) is 18.2 Å². The lowest BCUT2D eigenvalue weighted by Gasteiger charge is -2.18. The summed E-state index contributed by atoms with van der Waals surface area (Å²) in [6, 6.07) is 6.81. The SMILES string of the molecule is CC(=O)C(=O)N(C)c1ccccc1S(C)=O. The number of carbonyl (C=O) groups is 2. The molecule has 0 aliphatic rings. The van der Waals surface area contributed by atoms with Crippen molar-refractivity contribution in [3.8, 4) is 0 Å². The normalized spacial score (nSPS) is 11.9.